The number of halogens is 1. The molecule has 1 aliphatic rings. The van der Waals surface area contributed by atoms with Crippen LogP contribution in [-0.2, 0) is 9.36 Å². The normalized spacial score (nSPS) is 17.4. The van der Waals surface area contributed by atoms with Gasteiger partial charge in [-0.25, -0.2) is 0 Å². The number of hydrogen-bond acceptors (Lipinski definition) is 3. The fraction of sp³-hybridized carbons (Fsp3) is 0.250. The number of benzene rings is 2. The number of thiophene rings is 1. The second kappa shape index (κ2) is 7.06. The molecule has 2 atom stereocenters. The molecule has 1 saturated carbocycles. The van der Waals surface area contributed by atoms with Crippen molar-refractivity contribution < 1.29 is 14.3 Å². The van der Waals surface area contributed by atoms with Gasteiger partial charge in [0.15, 0.2) is 0 Å². The Labute approximate surface area is 166 Å². The molecule has 1 N–H and O–H groups in total. The van der Waals surface area contributed by atoms with Crippen LogP contribution in [0.15, 0.2) is 53.9 Å². The molecule has 1 aromatic heterocycles. The molecule has 0 aliphatic heterocycles. The predicted octanol–water partition coefficient (Wildman–Crippen LogP) is 5.69. The first-order valence-corrected chi connectivity index (χ1v) is 12.1. The van der Waals surface area contributed by atoms with E-state index in [0.717, 1.165) is 28.6 Å². The van der Waals surface area contributed by atoms with Crippen molar-refractivity contribution >= 4 is 52.0 Å². The topological polar surface area (TPSA) is 57.6 Å². The van der Waals surface area contributed by atoms with Crippen LogP contribution in [0.2, 0.25) is 5.02 Å². The Morgan fingerprint density at radius 3 is 2.59 bits per heavy atom. The molecule has 4 nitrogen and oxygen atoms in total. The predicted molar refractivity (Wildman–Crippen MR) is 112 cm³/mol. The van der Waals surface area contributed by atoms with Crippen molar-refractivity contribution in [3.05, 3.63) is 64.5 Å². The van der Waals surface area contributed by atoms with Crippen molar-refractivity contribution in [2.75, 3.05) is 11.6 Å². The molecule has 1 fully saturated rings. The first kappa shape index (κ1) is 18.7. The van der Waals surface area contributed by atoms with Crippen LogP contribution in [0.5, 0.6) is 0 Å². The second-order valence-electron chi connectivity index (χ2n) is 6.95. The minimum absolute atomic E-state index is 0.0856. The third kappa shape index (κ3) is 3.70. The molecule has 27 heavy (non-hydrogen) atoms. The first-order chi connectivity index (χ1) is 12.9. The average molecular weight is 420 g/mol. The van der Waals surface area contributed by atoms with Crippen molar-refractivity contribution in [1.82, 2.24) is 0 Å². The summed E-state index contributed by atoms with van der Waals surface area (Å²) in [5.74, 6) is -0.322. The summed E-state index contributed by atoms with van der Waals surface area (Å²) in [5, 5.41) is 3.12. The molecule has 0 spiro atoms. The van der Waals surface area contributed by atoms with Crippen LogP contribution in [0.3, 0.4) is 0 Å². The molecule has 7 heteroatoms. The number of rotatable bonds is 5. The Bertz CT molecular complexity index is 1040. The molecular weight excluding hydrogens is 401 g/mol. The van der Waals surface area contributed by atoms with E-state index in [1.54, 1.807) is 17.0 Å². The average Bonchev–Trinajstić information content (AvgIpc) is 3.36. The van der Waals surface area contributed by atoms with Crippen molar-refractivity contribution in [3.8, 4) is 0 Å². The number of fused-ring (bicyclic) bond motifs is 1. The van der Waals surface area contributed by atoms with Crippen LogP contribution in [0.1, 0.15) is 24.1 Å². The van der Waals surface area contributed by atoms with E-state index in [0.29, 0.717) is 10.6 Å². The molecule has 140 valence electrons. The summed E-state index contributed by atoms with van der Waals surface area (Å²) in [6.07, 6.45) is 1.81. The number of nitrogens with zero attached hydrogens (tertiary/aromatic N) is 1. The van der Waals surface area contributed by atoms with E-state index >= 15 is 0 Å². The van der Waals surface area contributed by atoms with Gasteiger partial charge >= 0.3 is 0 Å². The highest BCUT2D eigenvalue weighted by Gasteiger charge is 2.43. The van der Waals surface area contributed by atoms with Gasteiger partial charge in [0.05, 0.1) is 0 Å². The summed E-state index contributed by atoms with van der Waals surface area (Å²) in [7, 11) is -3.75. The van der Waals surface area contributed by atoms with E-state index in [-0.39, 0.29) is 11.9 Å². The lowest BCUT2D eigenvalue weighted by atomic mass is 10.1. The first-order valence-electron chi connectivity index (χ1n) is 8.71. The van der Waals surface area contributed by atoms with Crippen LogP contribution in [0.25, 0.3) is 10.1 Å². The summed E-state index contributed by atoms with van der Waals surface area (Å²) in [6.45, 7) is 1.26. The van der Waals surface area contributed by atoms with Gasteiger partial charge in [-0.1, -0.05) is 29.8 Å². The van der Waals surface area contributed by atoms with Gasteiger partial charge in [-0.05, 0) is 59.5 Å². The van der Waals surface area contributed by atoms with E-state index in [9.17, 15) is 14.3 Å². The maximum atomic E-state index is 13.6. The highest BCUT2D eigenvalue weighted by Crippen LogP contribution is 2.56. The summed E-state index contributed by atoms with van der Waals surface area (Å²) in [4.78, 5) is 25.8. The molecule has 0 radical (unpaired) electrons. The van der Waals surface area contributed by atoms with Gasteiger partial charge < -0.3 is 9.79 Å². The maximum absolute atomic E-state index is 13.6. The van der Waals surface area contributed by atoms with Crippen LogP contribution in [0, 0.1) is 0 Å². The lowest BCUT2D eigenvalue weighted by Gasteiger charge is -2.29. The fourth-order valence-electron chi connectivity index (χ4n) is 3.40. The molecule has 0 bridgehead atoms. The zero-order valence-electron chi connectivity index (χ0n) is 14.7. The van der Waals surface area contributed by atoms with Gasteiger partial charge in [-0.2, -0.15) is 0 Å². The fourth-order valence-corrected chi connectivity index (χ4v) is 5.90. The Hall–Kier alpha value is -1.65. The smallest absolute Gasteiger partial charge is 0.244 e. The monoisotopic (exact) mass is 419 g/mol. The van der Waals surface area contributed by atoms with E-state index in [1.165, 1.54) is 18.0 Å². The highest BCUT2D eigenvalue weighted by atomic mass is 35.5. The van der Waals surface area contributed by atoms with Crippen LogP contribution < -0.4 is 4.90 Å². The summed E-state index contributed by atoms with van der Waals surface area (Å²) < 4.78 is 13.8. The summed E-state index contributed by atoms with van der Waals surface area (Å²) in [5.41, 5.74) is 0.240. The number of anilines is 1. The Morgan fingerprint density at radius 1 is 1.26 bits per heavy atom. The second-order valence-corrected chi connectivity index (χ2v) is 10.7. The van der Waals surface area contributed by atoms with E-state index in [4.69, 9.17) is 11.6 Å². The van der Waals surface area contributed by atoms with Gasteiger partial charge in [0, 0.05) is 28.1 Å². The molecular formula is C20H19ClNO3PS. The lowest BCUT2D eigenvalue weighted by Crippen LogP contribution is -2.37. The highest BCUT2D eigenvalue weighted by molar-refractivity contribution is 7.58. The summed E-state index contributed by atoms with van der Waals surface area (Å²) in [6, 6.07) is 14.9. The van der Waals surface area contributed by atoms with Crippen molar-refractivity contribution in [2.45, 2.75) is 24.5 Å². The molecule has 0 saturated heterocycles. The third-order valence-electron chi connectivity index (χ3n) is 4.76. The Balaban J connectivity index is 1.83. The molecule has 1 heterocycles. The van der Waals surface area contributed by atoms with Crippen LogP contribution in [-0.4, -0.2) is 23.5 Å². The van der Waals surface area contributed by atoms with Crippen LogP contribution >= 0.6 is 30.3 Å². The minimum atomic E-state index is -3.75. The Morgan fingerprint density at radius 2 is 1.96 bits per heavy atom. The molecule has 2 unspecified atom stereocenters. The molecule has 1 amide bonds. The SMILES string of the molecule is CP(=O)(O)C(C(=O)N(c1ccccc1)C1CC1)c1csc2ccc(Cl)cc12. The van der Waals surface area contributed by atoms with E-state index in [1.807, 2.05) is 41.8 Å². The molecule has 3 aromatic rings. The van der Waals surface area contributed by atoms with Crippen molar-refractivity contribution in [1.29, 1.82) is 0 Å². The molecule has 4 rings (SSSR count). The van der Waals surface area contributed by atoms with Crippen molar-refractivity contribution in [3.63, 3.8) is 0 Å². The Kier molecular flexibility index (Phi) is 4.89. The van der Waals surface area contributed by atoms with Gasteiger partial charge in [-0.15, -0.1) is 11.3 Å². The van der Waals surface area contributed by atoms with Gasteiger partial charge in [0.25, 0.3) is 0 Å². The van der Waals surface area contributed by atoms with E-state index < -0.39 is 13.0 Å². The number of carbonyl (C=O) groups is 1. The number of carbonyl (C=O) groups excluding carboxylic acids is 1. The maximum Gasteiger partial charge on any atom is 0.244 e. The molecule has 1 aliphatic carbocycles. The van der Waals surface area contributed by atoms with Crippen LogP contribution in [0.4, 0.5) is 5.69 Å². The number of para-hydroxylation sites is 1. The largest absolute Gasteiger partial charge is 0.344 e. The molecule has 2 aromatic carbocycles. The number of hydrogen-bond donors (Lipinski definition) is 1. The number of amides is 1. The standard InChI is InChI=1S/C20H19ClNO3PS/c1-26(24,25)19(17-12-27-18-10-7-13(21)11-16(17)18)20(23)22(15-8-9-15)14-5-3-2-4-6-14/h2-7,10-12,15,19H,8-9H2,1H3,(H,24,25). The summed E-state index contributed by atoms with van der Waals surface area (Å²) >= 11 is 7.60. The van der Waals surface area contributed by atoms with Gasteiger partial charge in [0.1, 0.15) is 5.66 Å². The third-order valence-corrected chi connectivity index (χ3v) is 7.43. The van der Waals surface area contributed by atoms with E-state index in [2.05, 4.69) is 0 Å². The van der Waals surface area contributed by atoms with Gasteiger partial charge in [-0.3, -0.25) is 9.36 Å². The van der Waals surface area contributed by atoms with Gasteiger partial charge in [0.2, 0.25) is 13.3 Å². The zero-order valence-corrected chi connectivity index (χ0v) is 17.2. The zero-order chi connectivity index (χ0) is 19.2. The lowest BCUT2D eigenvalue weighted by molar-refractivity contribution is -0.118. The van der Waals surface area contributed by atoms with Crippen molar-refractivity contribution in [2.24, 2.45) is 0 Å². The quantitative estimate of drug-likeness (QED) is 0.540. The minimum Gasteiger partial charge on any atom is -0.344 e.